The summed E-state index contributed by atoms with van der Waals surface area (Å²) >= 11 is 0. The van der Waals surface area contributed by atoms with E-state index in [1.807, 2.05) is 6.07 Å². The Kier molecular flexibility index (Phi) is 4.76. The van der Waals surface area contributed by atoms with Crippen molar-refractivity contribution in [2.45, 2.75) is 26.4 Å². The molecule has 28 heavy (non-hydrogen) atoms. The number of nitriles is 1. The van der Waals surface area contributed by atoms with E-state index in [4.69, 9.17) is 20.3 Å². The Bertz CT molecular complexity index is 1120. The van der Waals surface area contributed by atoms with Gasteiger partial charge in [-0.3, -0.25) is 4.79 Å². The van der Waals surface area contributed by atoms with Gasteiger partial charge >= 0.3 is 5.97 Å². The molecule has 0 fully saturated rings. The molecular formula is C20H18N4O4. The number of aromatic nitrogens is 1. The molecule has 0 bridgehead atoms. The Morgan fingerprint density at radius 3 is 2.64 bits per heavy atom. The van der Waals surface area contributed by atoms with Crippen LogP contribution in [0, 0.1) is 11.3 Å². The highest BCUT2D eigenvalue weighted by Gasteiger charge is 2.23. The first-order chi connectivity index (χ1) is 13.2. The molecule has 142 valence electrons. The van der Waals surface area contributed by atoms with Crippen molar-refractivity contribution in [2.24, 2.45) is 0 Å². The largest absolute Gasteiger partial charge is 0.456 e. The standard InChI is InChI=1S/C20H18N4O4/c1-20(2,3)27-19(26)13-8-11(10-21)4-6-15(13)23-18(25)17-14-9-12(22)5-7-16(14)28-24-17/h4-9H,22H2,1-3H3,(H,23,25). The average molecular weight is 378 g/mol. The molecule has 0 radical (unpaired) electrons. The third kappa shape index (κ3) is 3.94. The lowest BCUT2D eigenvalue weighted by atomic mass is 10.1. The van der Waals surface area contributed by atoms with E-state index >= 15 is 0 Å². The summed E-state index contributed by atoms with van der Waals surface area (Å²) in [7, 11) is 0. The molecule has 0 saturated carbocycles. The fourth-order valence-corrected chi connectivity index (χ4v) is 2.53. The van der Waals surface area contributed by atoms with Gasteiger partial charge in [0.25, 0.3) is 5.91 Å². The van der Waals surface area contributed by atoms with Crippen molar-refractivity contribution < 1.29 is 18.8 Å². The lowest BCUT2D eigenvalue weighted by Gasteiger charge is -2.20. The number of rotatable bonds is 3. The van der Waals surface area contributed by atoms with Crippen molar-refractivity contribution in [1.82, 2.24) is 5.16 Å². The number of nitrogen functional groups attached to an aromatic ring is 1. The maximum atomic E-state index is 12.7. The van der Waals surface area contributed by atoms with Gasteiger partial charge in [0.1, 0.15) is 5.60 Å². The van der Waals surface area contributed by atoms with Crippen LogP contribution in [0.3, 0.4) is 0 Å². The molecule has 3 N–H and O–H groups in total. The van der Waals surface area contributed by atoms with Gasteiger partial charge in [0.15, 0.2) is 11.3 Å². The maximum Gasteiger partial charge on any atom is 0.340 e. The molecule has 0 saturated heterocycles. The first-order valence-corrected chi connectivity index (χ1v) is 8.42. The number of ether oxygens (including phenoxy) is 1. The van der Waals surface area contributed by atoms with E-state index in [2.05, 4.69) is 10.5 Å². The third-order valence-corrected chi connectivity index (χ3v) is 3.72. The van der Waals surface area contributed by atoms with E-state index in [0.717, 1.165) is 0 Å². The van der Waals surface area contributed by atoms with Gasteiger partial charge in [-0.15, -0.1) is 0 Å². The number of hydrogen-bond acceptors (Lipinski definition) is 7. The summed E-state index contributed by atoms with van der Waals surface area (Å²) in [6, 6.07) is 11.1. The molecule has 0 unspecified atom stereocenters. The fraction of sp³-hybridized carbons (Fsp3) is 0.200. The lowest BCUT2D eigenvalue weighted by molar-refractivity contribution is 0.00707. The Hall–Kier alpha value is -3.86. The number of fused-ring (bicyclic) bond motifs is 1. The Morgan fingerprint density at radius 1 is 1.21 bits per heavy atom. The van der Waals surface area contributed by atoms with Gasteiger partial charge < -0.3 is 20.3 Å². The van der Waals surface area contributed by atoms with Crippen molar-refractivity contribution in [2.75, 3.05) is 11.1 Å². The van der Waals surface area contributed by atoms with E-state index in [-0.39, 0.29) is 22.5 Å². The topological polar surface area (TPSA) is 131 Å². The number of nitrogens with two attached hydrogens (primary N) is 1. The van der Waals surface area contributed by atoms with Crippen molar-refractivity contribution >= 4 is 34.2 Å². The minimum atomic E-state index is -0.735. The number of hydrogen-bond donors (Lipinski definition) is 2. The molecule has 1 heterocycles. The highest BCUT2D eigenvalue weighted by Crippen LogP contribution is 2.25. The Labute approximate surface area is 160 Å². The van der Waals surface area contributed by atoms with E-state index < -0.39 is 17.5 Å². The zero-order chi connectivity index (χ0) is 20.5. The number of amides is 1. The maximum absolute atomic E-state index is 12.7. The molecule has 3 aromatic rings. The summed E-state index contributed by atoms with van der Waals surface area (Å²) in [4.78, 5) is 25.3. The van der Waals surface area contributed by atoms with Gasteiger partial charge in [0.05, 0.1) is 28.3 Å². The SMILES string of the molecule is CC(C)(C)OC(=O)c1cc(C#N)ccc1NC(=O)c1noc2ccc(N)cc12. The monoisotopic (exact) mass is 378 g/mol. The summed E-state index contributed by atoms with van der Waals surface area (Å²) in [5.74, 6) is -1.24. The number of nitrogens with zero attached hydrogens (tertiary/aromatic N) is 2. The summed E-state index contributed by atoms with van der Waals surface area (Å²) in [5, 5.41) is 16.0. The van der Waals surface area contributed by atoms with Gasteiger partial charge in [0, 0.05) is 5.69 Å². The van der Waals surface area contributed by atoms with E-state index in [1.165, 1.54) is 18.2 Å². The third-order valence-electron chi connectivity index (χ3n) is 3.72. The van der Waals surface area contributed by atoms with Crippen LogP contribution in [0.25, 0.3) is 11.0 Å². The van der Waals surface area contributed by atoms with Crippen molar-refractivity contribution in [1.29, 1.82) is 5.26 Å². The minimum Gasteiger partial charge on any atom is -0.456 e. The summed E-state index contributed by atoms with van der Waals surface area (Å²) in [6.45, 7) is 5.18. The minimum absolute atomic E-state index is 0.0294. The first kappa shape index (κ1) is 18.9. The molecule has 2 aromatic carbocycles. The first-order valence-electron chi connectivity index (χ1n) is 8.42. The van der Waals surface area contributed by atoms with Crippen molar-refractivity contribution in [3.63, 3.8) is 0 Å². The van der Waals surface area contributed by atoms with Gasteiger partial charge in [-0.1, -0.05) is 5.16 Å². The Balaban J connectivity index is 1.97. The predicted octanol–water partition coefficient (Wildman–Crippen LogP) is 3.49. The van der Waals surface area contributed by atoms with Gasteiger partial charge in [-0.25, -0.2) is 4.79 Å². The molecule has 3 rings (SSSR count). The van der Waals surface area contributed by atoms with Crippen molar-refractivity contribution in [3.8, 4) is 6.07 Å². The number of esters is 1. The number of anilines is 2. The van der Waals surface area contributed by atoms with Crippen LogP contribution in [0.5, 0.6) is 0 Å². The molecule has 1 aromatic heterocycles. The second-order valence-electron chi connectivity index (χ2n) is 7.11. The van der Waals surface area contributed by atoms with Gasteiger partial charge in [-0.2, -0.15) is 5.26 Å². The predicted molar refractivity (Wildman–Crippen MR) is 103 cm³/mol. The zero-order valence-corrected chi connectivity index (χ0v) is 15.6. The molecule has 8 nitrogen and oxygen atoms in total. The number of benzene rings is 2. The molecule has 1 amide bonds. The van der Waals surface area contributed by atoms with E-state index in [1.54, 1.807) is 39.0 Å². The van der Waals surface area contributed by atoms with Crippen LogP contribution >= 0.6 is 0 Å². The van der Waals surface area contributed by atoms with Gasteiger partial charge in [0.2, 0.25) is 0 Å². The fourth-order valence-electron chi connectivity index (χ4n) is 2.53. The highest BCUT2D eigenvalue weighted by molar-refractivity contribution is 6.13. The molecule has 0 aliphatic heterocycles. The Morgan fingerprint density at radius 2 is 1.96 bits per heavy atom. The smallest absolute Gasteiger partial charge is 0.340 e. The van der Waals surface area contributed by atoms with Gasteiger partial charge in [-0.05, 0) is 57.2 Å². The quantitative estimate of drug-likeness (QED) is 0.527. The molecule has 0 atom stereocenters. The van der Waals surface area contributed by atoms with Crippen LogP contribution in [-0.4, -0.2) is 22.6 Å². The average Bonchev–Trinajstić information content (AvgIpc) is 3.03. The normalized spacial score (nSPS) is 11.1. The van der Waals surface area contributed by atoms with Crippen LogP contribution in [0.15, 0.2) is 40.9 Å². The van der Waals surface area contributed by atoms with E-state index in [9.17, 15) is 9.59 Å². The summed E-state index contributed by atoms with van der Waals surface area (Å²) in [5.41, 5.74) is 6.45. The number of carbonyl (C=O) groups is 2. The molecular weight excluding hydrogens is 360 g/mol. The van der Waals surface area contributed by atoms with E-state index in [0.29, 0.717) is 16.7 Å². The van der Waals surface area contributed by atoms with Crippen molar-refractivity contribution in [3.05, 3.63) is 53.2 Å². The number of carbonyl (C=O) groups excluding carboxylic acids is 2. The second kappa shape index (κ2) is 7.04. The number of nitrogens with one attached hydrogen (secondary N) is 1. The summed E-state index contributed by atoms with van der Waals surface area (Å²) in [6.07, 6.45) is 0. The highest BCUT2D eigenvalue weighted by atomic mass is 16.6. The molecule has 0 aliphatic rings. The van der Waals surface area contributed by atoms with Crippen LogP contribution in [0.2, 0.25) is 0 Å². The van der Waals surface area contributed by atoms with Crippen LogP contribution < -0.4 is 11.1 Å². The second-order valence-corrected chi connectivity index (χ2v) is 7.11. The summed E-state index contributed by atoms with van der Waals surface area (Å²) < 4.78 is 10.5. The molecule has 8 heteroatoms. The molecule has 0 spiro atoms. The van der Waals surface area contributed by atoms with Crippen LogP contribution in [0.1, 0.15) is 47.2 Å². The lowest BCUT2D eigenvalue weighted by Crippen LogP contribution is -2.25. The van der Waals surface area contributed by atoms with Crippen LogP contribution in [-0.2, 0) is 4.74 Å². The zero-order valence-electron chi connectivity index (χ0n) is 15.6. The molecule has 0 aliphatic carbocycles. The van der Waals surface area contributed by atoms with Crippen LogP contribution in [0.4, 0.5) is 11.4 Å².